The number of anilines is 1. The number of carbonyl (C=O) groups excluding carboxylic acids is 1. The molecule has 1 aromatic heterocycles. The first kappa shape index (κ1) is 12.7. The summed E-state index contributed by atoms with van der Waals surface area (Å²) in [6.07, 6.45) is 0. The zero-order valence-electron chi connectivity index (χ0n) is 8.47. The molecule has 0 fully saturated rings. The van der Waals surface area contributed by atoms with Crippen molar-refractivity contribution in [1.82, 2.24) is 4.98 Å². The summed E-state index contributed by atoms with van der Waals surface area (Å²) in [6, 6.07) is 0. The molecule has 2 N–H and O–H groups in total. The van der Waals surface area contributed by atoms with E-state index < -0.39 is 5.97 Å². The molecule has 86 valence electrons. The van der Waals surface area contributed by atoms with Crippen molar-refractivity contribution in [2.24, 2.45) is 0 Å². The molecule has 0 spiro atoms. The molecule has 0 saturated heterocycles. The zero-order chi connectivity index (χ0) is 12.5. The maximum absolute atomic E-state index is 11.3. The summed E-state index contributed by atoms with van der Waals surface area (Å²) in [7, 11) is 1.47. The third-order valence-electron chi connectivity index (χ3n) is 1.92. The van der Waals surface area contributed by atoms with E-state index in [-0.39, 0.29) is 32.9 Å². The highest BCUT2D eigenvalue weighted by molar-refractivity contribution is 6.37. The maximum Gasteiger partial charge on any atom is 0.341 e. The predicted molar refractivity (Wildman–Crippen MR) is 60.8 cm³/mol. The van der Waals surface area contributed by atoms with Gasteiger partial charge in [-0.1, -0.05) is 23.2 Å². The van der Waals surface area contributed by atoms with E-state index in [2.05, 4.69) is 10.3 Å². The van der Waals surface area contributed by atoms with Gasteiger partial charge in [0.25, 0.3) is 0 Å². The molecular weight excluding hydrogens is 255 g/mol. The summed E-state index contributed by atoms with van der Waals surface area (Å²) < 4.78 is 0. The molecule has 0 aliphatic rings. The van der Waals surface area contributed by atoms with Gasteiger partial charge in [0.2, 0.25) is 0 Å². The largest absolute Gasteiger partial charge is 0.478 e. The third kappa shape index (κ3) is 2.10. The minimum absolute atomic E-state index is 0.0194. The average Bonchev–Trinajstić information content (AvgIpc) is 2.14. The number of hydrogen-bond acceptors (Lipinski definition) is 4. The Morgan fingerprint density at radius 2 is 1.75 bits per heavy atom. The van der Waals surface area contributed by atoms with Gasteiger partial charge in [0, 0.05) is 7.05 Å². The van der Waals surface area contributed by atoms with E-state index in [0.29, 0.717) is 0 Å². The van der Waals surface area contributed by atoms with Gasteiger partial charge in [-0.15, -0.1) is 0 Å². The number of aromatic carboxylic acids is 1. The van der Waals surface area contributed by atoms with Gasteiger partial charge in [0.15, 0.2) is 5.78 Å². The minimum atomic E-state index is -1.28. The number of pyridine rings is 1. The molecule has 0 saturated carbocycles. The van der Waals surface area contributed by atoms with E-state index in [1.54, 1.807) is 0 Å². The Balaban J connectivity index is 3.69. The van der Waals surface area contributed by atoms with Gasteiger partial charge in [-0.2, -0.15) is 0 Å². The number of hydrogen-bond donors (Lipinski definition) is 2. The van der Waals surface area contributed by atoms with Crippen molar-refractivity contribution in [2.75, 3.05) is 12.4 Å². The number of carbonyl (C=O) groups is 2. The summed E-state index contributed by atoms with van der Waals surface area (Å²) in [4.78, 5) is 25.9. The lowest BCUT2D eigenvalue weighted by Gasteiger charge is -2.12. The number of ketones is 1. The summed E-state index contributed by atoms with van der Waals surface area (Å²) in [5, 5.41) is 11.2. The quantitative estimate of drug-likeness (QED) is 0.646. The Labute approximate surface area is 101 Å². The molecule has 0 radical (unpaired) electrons. The normalized spacial score (nSPS) is 10.0. The Morgan fingerprint density at radius 3 is 2.12 bits per heavy atom. The molecule has 0 aromatic carbocycles. The van der Waals surface area contributed by atoms with Crippen LogP contribution in [0.15, 0.2) is 0 Å². The fourth-order valence-electron chi connectivity index (χ4n) is 1.30. The Morgan fingerprint density at radius 1 is 1.25 bits per heavy atom. The molecule has 0 aliphatic carbocycles. The molecule has 16 heavy (non-hydrogen) atoms. The number of aromatic nitrogens is 1. The second kappa shape index (κ2) is 4.67. The van der Waals surface area contributed by atoms with Gasteiger partial charge < -0.3 is 10.4 Å². The SMILES string of the molecule is CNc1c(C(C)=O)c(Cl)nc(Cl)c1C(=O)O. The van der Waals surface area contributed by atoms with Gasteiger partial charge in [-0.3, -0.25) is 4.79 Å². The van der Waals surface area contributed by atoms with Gasteiger partial charge in [-0.05, 0) is 6.92 Å². The summed E-state index contributed by atoms with van der Waals surface area (Å²) >= 11 is 11.4. The van der Waals surface area contributed by atoms with Crippen molar-refractivity contribution in [2.45, 2.75) is 6.92 Å². The molecule has 0 aliphatic heterocycles. The summed E-state index contributed by atoms with van der Waals surface area (Å²) in [5.41, 5.74) is -0.172. The first-order valence-corrected chi connectivity index (χ1v) is 4.96. The Hall–Kier alpha value is -1.33. The van der Waals surface area contributed by atoms with Crippen molar-refractivity contribution >= 4 is 40.6 Å². The van der Waals surface area contributed by atoms with Crippen LogP contribution in [0.25, 0.3) is 0 Å². The van der Waals surface area contributed by atoms with Gasteiger partial charge in [0.05, 0.1) is 11.3 Å². The van der Waals surface area contributed by atoms with Crippen LogP contribution in [0.1, 0.15) is 27.6 Å². The molecule has 0 bridgehead atoms. The second-order valence-corrected chi connectivity index (χ2v) is 3.65. The van der Waals surface area contributed by atoms with Gasteiger partial charge in [0.1, 0.15) is 15.9 Å². The molecule has 0 unspecified atom stereocenters. The molecule has 1 rings (SSSR count). The molecule has 7 heteroatoms. The van der Waals surface area contributed by atoms with E-state index in [1.807, 2.05) is 0 Å². The highest BCUT2D eigenvalue weighted by atomic mass is 35.5. The first-order valence-electron chi connectivity index (χ1n) is 4.21. The molecule has 0 amide bonds. The van der Waals surface area contributed by atoms with Crippen LogP contribution in [0, 0.1) is 0 Å². The van der Waals surface area contributed by atoms with Crippen molar-refractivity contribution in [3.8, 4) is 0 Å². The van der Waals surface area contributed by atoms with Crippen LogP contribution in [-0.4, -0.2) is 28.9 Å². The van der Waals surface area contributed by atoms with E-state index in [1.165, 1.54) is 14.0 Å². The number of Topliss-reactive ketones (excluding diaryl/α,β-unsaturated/α-hetero) is 1. The van der Waals surface area contributed by atoms with E-state index in [4.69, 9.17) is 28.3 Å². The van der Waals surface area contributed by atoms with Crippen molar-refractivity contribution in [3.05, 3.63) is 21.4 Å². The third-order valence-corrected chi connectivity index (χ3v) is 2.47. The number of rotatable bonds is 3. The van der Waals surface area contributed by atoms with E-state index in [0.717, 1.165) is 0 Å². The van der Waals surface area contributed by atoms with Crippen molar-refractivity contribution < 1.29 is 14.7 Å². The van der Waals surface area contributed by atoms with Gasteiger partial charge in [-0.25, -0.2) is 9.78 Å². The van der Waals surface area contributed by atoms with Crippen molar-refractivity contribution in [3.63, 3.8) is 0 Å². The van der Waals surface area contributed by atoms with Crippen LogP contribution in [0.4, 0.5) is 5.69 Å². The highest BCUT2D eigenvalue weighted by Crippen LogP contribution is 2.31. The molecule has 1 heterocycles. The lowest BCUT2D eigenvalue weighted by atomic mass is 10.1. The van der Waals surface area contributed by atoms with E-state index >= 15 is 0 Å². The lowest BCUT2D eigenvalue weighted by molar-refractivity contribution is 0.0697. The fourth-order valence-corrected chi connectivity index (χ4v) is 1.91. The van der Waals surface area contributed by atoms with Crippen LogP contribution in [-0.2, 0) is 0 Å². The fraction of sp³-hybridized carbons (Fsp3) is 0.222. The number of carboxylic acid groups (broad SMARTS) is 1. The van der Waals surface area contributed by atoms with Crippen LogP contribution in [0.3, 0.4) is 0 Å². The maximum atomic E-state index is 11.3. The standard InChI is InChI=1S/C9H8Cl2N2O3/c1-3(14)4-6(12-2)5(9(15)16)8(11)13-7(4)10/h1-2H3,(H,12,13)(H,15,16). The molecule has 5 nitrogen and oxygen atoms in total. The summed E-state index contributed by atoms with van der Waals surface area (Å²) in [6.45, 7) is 1.27. The monoisotopic (exact) mass is 262 g/mol. The number of nitrogens with zero attached hydrogens (tertiary/aromatic N) is 1. The van der Waals surface area contributed by atoms with Crippen LogP contribution in [0.2, 0.25) is 10.3 Å². The average molecular weight is 263 g/mol. The molecule has 0 atom stereocenters. The first-order chi connectivity index (χ1) is 7.40. The minimum Gasteiger partial charge on any atom is -0.478 e. The molecule has 1 aromatic rings. The van der Waals surface area contributed by atoms with Crippen molar-refractivity contribution in [1.29, 1.82) is 0 Å². The zero-order valence-corrected chi connectivity index (χ0v) is 9.98. The lowest BCUT2D eigenvalue weighted by Crippen LogP contribution is -2.11. The highest BCUT2D eigenvalue weighted by Gasteiger charge is 2.24. The molecular formula is C9H8Cl2N2O3. The van der Waals surface area contributed by atoms with E-state index in [9.17, 15) is 9.59 Å². The number of halogens is 2. The second-order valence-electron chi connectivity index (χ2n) is 2.93. The number of nitrogens with one attached hydrogen (secondary N) is 1. The van der Waals surface area contributed by atoms with Crippen LogP contribution >= 0.6 is 23.2 Å². The summed E-state index contributed by atoms with van der Waals surface area (Å²) in [5.74, 6) is -1.66. The topological polar surface area (TPSA) is 79.3 Å². The van der Waals surface area contributed by atoms with Gasteiger partial charge >= 0.3 is 5.97 Å². The predicted octanol–water partition coefficient (Wildman–Crippen LogP) is 2.33. The Bertz CT molecular complexity index is 436. The number of carboxylic acids is 1. The van der Waals surface area contributed by atoms with Crippen LogP contribution < -0.4 is 5.32 Å². The van der Waals surface area contributed by atoms with Crippen LogP contribution in [0.5, 0.6) is 0 Å². The Kier molecular flexibility index (Phi) is 3.72. The smallest absolute Gasteiger partial charge is 0.341 e.